The van der Waals surface area contributed by atoms with Gasteiger partial charge in [0.05, 0.1) is 6.33 Å². The van der Waals surface area contributed by atoms with E-state index in [0.29, 0.717) is 24.6 Å². The quantitative estimate of drug-likeness (QED) is 0.730. The van der Waals surface area contributed by atoms with Crippen molar-refractivity contribution in [3.05, 3.63) is 48.6 Å². The van der Waals surface area contributed by atoms with E-state index in [0.717, 1.165) is 0 Å². The lowest BCUT2D eigenvalue weighted by Crippen LogP contribution is -2.31. The second-order valence-electron chi connectivity index (χ2n) is 4.99. The molecule has 2 aromatic heterocycles. The number of halogens is 1. The number of tetrazole rings is 1. The normalized spacial score (nSPS) is 10.6. The van der Waals surface area contributed by atoms with Crippen molar-refractivity contribution in [2.75, 3.05) is 11.9 Å². The van der Waals surface area contributed by atoms with Crippen LogP contribution in [-0.2, 0) is 6.54 Å². The number of rotatable bonds is 5. The van der Waals surface area contributed by atoms with Crippen LogP contribution in [0.25, 0.3) is 5.69 Å². The molecule has 0 radical (unpaired) electrons. The van der Waals surface area contributed by atoms with Crippen molar-refractivity contribution in [1.82, 2.24) is 35.1 Å². The van der Waals surface area contributed by atoms with Gasteiger partial charge < -0.3 is 15.2 Å². The van der Waals surface area contributed by atoms with E-state index >= 15 is 0 Å². The fourth-order valence-electron chi connectivity index (χ4n) is 2.10. The fourth-order valence-corrected chi connectivity index (χ4v) is 2.10. The zero-order chi connectivity index (χ0) is 16.9. The molecule has 0 aliphatic carbocycles. The molecule has 0 saturated heterocycles. The zero-order valence-electron chi connectivity index (χ0n) is 12.8. The topological polar surface area (TPSA) is 103 Å². The monoisotopic (exact) mass is 330 g/mol. The highest BCUT2D eigenvalue weighted by molar-refractivity contribution is 5.89. The molecule has 0 spiro atoms. The number of aromatic nitrogens is 6. The largest absolute Gasteiger partial charge is 0.336 e. The number of nitrogens with one attached hydrogen (secondary N) is 2. The summed E-state index contributed by atoms with van der Waals surface area (Å²) in [5.74, 6) is -0.0488. The standard InChI is InChI=1S/C14H15FN8O/c1-10-19-20-21-23(10)13-8-11(2-3-12(13)15)18-14(24)17-5-7-22-6-4-16-9-22/h2-4,6,8-9H,5,7H2,1H3,(H2,17,18,24). The van der Waals surface area contributed by atoms with Crippen molar-refractivity contribution in [1.29, 1.82) is 0 Å². The molecular weight excluding hydrogens is 315 g/mol. The van der Waals surface area contributed by atoms with E-state index in [-0.39, 0.29) is 11.7 Å². The zero-order valence-corrected chi connectivity index (χ0v) is 12.8. The summed E-state index contributed by atoms with van der Waals surface area (Å²) >= 11 is 0. The minimum absolute atomic E-state index is 0.161. The third-order valence-electron chi connectivity index (χ3n) is 3.27. The molecule has 3 aromatic rings. The summed E-state index contributed by atoms with van der Waals surface area (Å²) in [6.45, 7) is 2.69. The number of aryl methyl sites for hydroxylation is 1. The van der Waals surface area contributed by atoms with Gasteiger partial charge in [0.15, 0.2) is 5.82 Å². The van der Waals surface area contributed by atoms with Gasteiger partial charge in [-0.2, -0.15) is 4.68 Å². The first-order valence-electron chi connectivity index (χ1n) is 7.19. The van der Waals surface area contributed by atoms with Crippen LogP contribution < -0.4 is 10.6 Å². The van der Waals surface area contributed by atoms with Gasteiger partial charge in [0.2, 0.25) is 0 Å². The Bertz CT molecular complexity index is 829. The van der Waals surface area contributed by atoms with Crippen molar-refractivity contribution in [2.24, 2.45) is 0 Å². The molecule has 0 aliphatic rings. The molecule has 124 valence electrons. The van der Waals surface area contributed by atoms with E-state index < -0.39 is 5.82 Å². The third-order valence-corrected chi connectivity index (χ3v) is 3.27. The van der Waals surface area contributed by atoms with E-state index in [1.54, 1.807) is 25.6 Å². The maximum Gasteiger partial charge on any atom is 0.319 e. The first-order chi connectivity index (χ1) is 11.6. The first-order valence-corrected chi connectivity index (χ1v) is 7.19. The van der Waals surface area contributed by atoms with Gasteiger partial charge in [0, 0.05) is 31.2 Å². The molecule has 0 unspecified atom stereocenters. The van der Waals surface area contributed by atoms with E-state index in [9.17, 15) is 9.18 Å². The molecule has 9 nitrogen and oxygen atoms in total. The maximum absolute atomic E-state index is 14.0. The number of benzene rings is 1. The minimum Gasteiger partial charge on any atom is -0.336 e. The van der Waals surface area contributed by atoms with Crippen LogP contribution in [-0.4, -0.2) is 42.3 Å². The van der Waals surface area contributed by atoms with Gasteiger partial charge in [0.1, 0.15) is 11.5 Å². The Morgan fingerprint density at radius 1 is 1.38 bits per heavy atom. The van der Waals surface area contributed by atoms with Crippen LogP contribution in [0, 0.1) is 12.7 Å². The molecule has 2 heterocycles. The average molecular weight is 330 g/mol. The number of hydrogen-bond acceptors (Lipinski definition) is 5. The fraction of sp³-hybridized carbons (Fsp3) is 0.214. The summed E-state index contributed by atoms with van der Waals surface area (Å²) in [5, 5.41) is 16.3. The molecule has 2 N–H and O–H groups in total. The number of carbonyl (C=O) groups excluding carboxylic acids is 1. The Kier molecular flexibility index (Phi) is 4.45. The number of anilines is 1. The Hall–Kier alpha value is -3.30. The minimum atomic E-state index is -0.489. The van der Waals surface area contributed by atoms with Gasteiger partial charge in [-0.05, 0) is 35.5 Å². The molecule has 0 aliphatic heterocycles. The summed E-state index contributed by atoms with van der Waals surface area (Å²) in [4.78, 5) is 15.8. The Morgan fingerprint density at radius 2 is 2.25 bits per heavy atom. The molecule has 0 atom stereocenters. The molecule has 24 heavy (non-hydrogen) atoms. The SMILES string of the molecule is Cc1nnnn1-c1cc(NC(=O)NCCn2ccnc2)ccc1F. The lowest BCUT2D eigenvalue weighted by atomic mass is 10.2. The van der Waals surface area contributed by atoms with E-state index in [4.69, 9.17) is 0 Å². The molecular formula is C14H15FN8O. The van der Waals surface area contributed by atoms with Gasteiger partial charge in [0.25, 0.3) is 0 Å². The van der Waals surface area contributed by atoms with Crippen LogP contribution >= 0.6 is 0 Å². The molecule has 0 saturated carbocycles. The number of imidazole rings is 1. The van der Waals surface area contributed by atoms with E-state index in [2.05, 4.69) is 31.1 Å². The van der Waals surface area contributed by atoms with Crippen LogP contribution in [0.15, 0.2) is 36.9 Å². The lowest BCUT2D eigenvalue weighted by Gasteiger charge is -2.10. The summed E-state index contributed by atoms with van der Waals surface area (Å²) in [6.07, 6.45) is 5.14. The Morgan fingerprint density at radius 3 is 2.96 bits per heavy atom. The summed E-state index contributed by atoms with van der Waals surface area (Å²) in [6, 6.07) is 3.79. The predicted octanol–water partition coefficient (Wildman–Crippen LogP) is 1.13. The number of nitrogens with zero attached hydrogens (tertiary/aromatic N) is 6. The molecule has 0 fully saturated rings. The number of carbonyl (C=O) groups is 1. The van der Waals surface area contributed by atoms with Gasteiger partial charge in [-0.15, -0.1) is 5.10 Å². The summed E-state index contributed by atoms with van der Waals surface area (Å²) < 4.78 is 17.1. The van der Waals surface area contributed by atoms with Crippen LogP contribution in [0.5, 0.6) is 0 Å². The van der Waals surface area contributed by atoms with Gasteiger partial charge in [-0.3, -0.25) is 0 Å². The van der Waals surface area contributed by atoms with Crippen LogP contribution in [0.2, 0.25) is 0 Å². The number of hydrogen-bond donors (Lipinski definition) is 2. The number of urea groups is 1. The lowest BCUT2D eigenvalue weighted by molar-refractivity contribution is 0.251. The Balaban J connectivity index is 1.62. The average Bonchev–Trinajstić information content (AvgIpc) is 3.21. The summed E-state index contributed by atoms with van der Waals surface area (Å²) in [5.41, 5.74) is 0.593. The third kappa shape index (κ3) is 3.54. The van der Waals surface area contributed by atoms with Crippen molar-refractivity contribution in [2.45, 2.75) is 13.5 Å². The molecule has 3 rings (SSSR count). The first kappa shape index (κ1) is 15.6. The van der Waals surface area contributed by atoms with E-state index in [1.165, 1.54) is 22.9 Å². The van der Waals surface area contributed by atoms with Gasteiger partial charge in [-0.1, -0.05) is 0 Å². The Labute approximate surface area is 136 Å². The van der Waals surface area contributed by atoms with Crippen molar-refractivity contribution >= 4 is 11.7 Å². The molecule has 0 bridgehead atoms. The molecule has 10 heteroatoms. The molecule has 1 aromatic carbocycles. The highest BCUT2D eigenvalue weighted by Crippen LogP contribution is 2.18. The van der Waals surface area contributed by atoms with Crippen molar-refractivity contribution in [3.63, 3.8) is 0 Å². The summed E-state index contributed by atoms with van der Waals surface area (Å²) in [7, 11) is 0. The van der Waals surface area contributed by atoms with Crippen LogP contribution in [0.3, 0.4) is 0 Å². The van der Waals surface area contributed by atoms with Crippen LogP contribution in [0.1, 0.15) is 5.82 Å². The van der Waals surface area contributed by atoms with Gasteiger partial charge >= 0.3 is 6.03 Å². The van der Waals surface area contributed by atoms with Crippen LogP contribution in [0.4, 0.5) is 14.9 Å². The second-order valence-corrected chi connectivity index (χ2v) is 4.99. The van der Waals surface area contributed by atoms with Crippen molar-refractivity contribution < 1.29 is 9.18 Å². The highest BCUT2D eigenvalue weighted by Gasteiger charge is 2.11. The highest BCUT2D eigenvalue weighted by atomic mass is 19.1. The van der Waals surface area contributed by atoms with Gasteiger partial charge in [-0.25, -0.2) is 14.2 Å². The number of amides is 2. The molecule has 2 amide bonds. The van der Waals surface area contributed by atoms with E-state index in [1.807, 2.05) is 4.57 Å². The predicted molar refractivity (Wildman–Crippen MR) is 83.1 cm³/mol. The smallest absolute Gasteiger partial charge is 0.319 e. The second kappa shape index (κ2) is 6.86. The van der Waals surface area contributed by atoms with Crippen molar-refractivity contribution in [3.8, 4) is 5.69 Å². The maximum atomic E-state index is 14.0.